The number of aliphatic carboxylic acids is 1. The number of rotatable bonds is 13. The summed E-state index contributed by atoms with van der Waals surface area (Å²) < 4.78 is 12.7. The lowest BCUT2D eigenvalue weighted by molar-refractivity contribution is -0.143. The van der Waals surface area contributed by atoms with E-state index in [2.05, 4.69) is 19.1 Å². The molecule has 0 aromatic rings. The Balaban J connectivity index is 3.19. The molecule has 0 aliphatic heterocycles. The number of hydrogen-bond donors (Lipinski definition) is 1. The third kappa shape index (κ3) is 13.4. The first-order valence-corrected chi connectivity index (χ1v) is 7.70. The van der Waals surface area contributed by atoms with Crippen LogP contribution in [0.3, 0.4) is 0 Å². The van der Waals surface area contributed by atoms with E-state index < -0.39 is 12.1 Å². The van der Waals surface area contributed by atoms with Crippen molar-refractivity contribution in [3.63, 3.8) is 0 Å². The Bertz CT molecular complexity index is 239. The van der Waals surface area contributed by atoms with E-state index in [4.69, 9.17) is 5.11 Å². The van der Waals surface area contributed by atoms with Crippen LogP contribution in [0, 0.1) is 0 Å². The SMILES string of the molecule is CCCCCCCC/C=C/CCCCC(F)C(=O)O. The van der Waals surface area contributed by atoms with Crippen LogP contribution in [0.1, 0.15) is 77.6 Å². The molecule has 0 saturated heterocycles. The lowest BCUT2D eigenvalue weighted by Gasteiger charge is -2.01. The normalized spacial score (nSPS) is 12.9. The van der Waals surface area contributed by atoms with Crippen molar-refractivity contribution >= 4 is 5.97 Å². The second-order valence-corrected chi connectivity index (χ2v) is 5.12. The van der Waals surface area contributed by atoms with Crippen molar-refractivity contribution in [1.29, 1.82) is 0 Å². The molecule has 0 amide bonds. The Hall–Kier alpha value is -0.860. The summed E-state index contributed by atoms with van der Waals surface area (Å²) in [5.41, 5.74) is 0. The molecule has 0 aliphatic rings. The van der Waals surface area contributed by atoms with Gasteiger partial charge in [0.1, 0.15) is 0 Å². The van der Waals surface area contributed by atoms with E-state index in [9.17, 15) is 9.18 Å². The quantitative estimate of drug-likeness (QED) is 0.366. The number of halogens is 1. The Morgan fingerprint density at radius 1 is 1.00 bits per heavy atom. The third-order valence-corrected chi connectivity index (χ3v) is 3.24. The second kappa shape index (κ2) is 13.6. The molecule has 0 aliphatic carbocycles. The molecule has 0 bridgehead atoms. The second-order valence-electron chi connectivity index (χ2n) is 5.12. The van der Waals surface area contributed by atoms with Crippen LogP contribution in [0.2, 0.25) is 0 Å². The van der Waals surface area contributed by atoms with Gasteiger partial charge >= 0.3 is 5.97 Å². The van der Waals surface area contributed by atoms with Crippen LogP contribution in [-0.4, -0.2) is 17.2 Å². The fourth-order valence-corrected chi connectivity index (χ4v) is 1.99. The number of alkyl halides is 1. The number of allylic oxidation sites excluding steroid dienone is 2. The maximum Gasteiger partial charge on any atom is 0.338 e. The molecular formula is C16H29FO2. The standard InChI is InChI=1S/C16H29FO2/c1-2-3-4-5-6-7-8-9-10-11-12-13-14-15(17)16(18)19/h9-10,15H,2-8,11-14H2,1H3,(H,18,19)/b10-9+. The Morgan fingerprint density at radius 2 is 1.53 bits per heavy atom. The van der Waals surface area contributed by atoms with Crippen LogP contribution in [0.25, 0.3) is 0 Å². The first-order valence-electron chi connectivity index (χ1n) is 7.70. The zero-order chi connectivity index (χ0) is 14.3. The van der Waals surface area contributed by atoms with Gasteiger partial charge in [-0.1, -0.05) is 51.2 Å². The molecule has 19 heavy (non-hydrogen) atoms. The summed E-state index contributed by atoms with van der Waals surface area (Å²) in [7, 11) is 0. The minimum absolute atomic E-state index is 0.139. The van der Waals surface area contributed by atoms with Crippen molar-refractivity contribution in [2.45, 2.75) is 83.7 Å². The first kappa shape index (κ1) is 18.1. The molecule has 0 saturated carbocycles. The number of carboxylic acid groups (broad SMARTS) is 1. The molecule has 1 atom stereocenters. The van der Waals surface area contributed by atoms with Gasteiger partial charge in [0.25, 0.3) is 0 Å². The molecule has 1 unspecified atom stereocenters. The highest BCUT2D eigenvalue weighted by molar-refractivity contribution is 5.71. The van der Waals surface area contributed by atoms with Gasteiger partial charge < -0.3 is 5.11 Å². The zero-order valence-corrected chi connectivity index (χ0v) is 12.2. The van der Waals surface area contributed by atoms with E-state index in [1.807, 2.05) is 0 Å². The van der Waals surface area contributed by atoms with Crippen molar-refractivity contribution in [2.75, 3.05) is 0 Å². The summed E-state index contributed by atoms with van der Waals surface area (Å²) in [6.45, 7) is 2.23. The topological polar surface area (TPSA) is 37.3 Å². The van der Waals surface area contributed by atoms with Crippen LogP contribution in [-0.2, 0) is 4.79 Å². The molecule has 0 spiro atoms. The van der Waals surface area contributed by atoms with Gasteiger partial charge in [-0.25, -0.2) is 9.18 Å². The van der Waals surface area contributed by atoms with Gasteiger partial charge in [0, 0.05) is 0 Å². The van der Waals surface area contributed by atoms with Gasteiger partial charge in [0.15, 0.2) is 6.17 Å². The fourth-order valence-electron chi connectivity index (χ4n) is 1.99. The van der Waals surface area contributed by atoms with Crippen LogP contribution in [0.15, 0.2) is 12.2 Å². The van der Waals surface area contributed by atoms with E-state index in [0.29, 0.717) is 6.42 Å². The lowest BCUT2D eigenvalue weighted by atomic mass is 10.1. The van der Waals surface area contributed by atoms with Crippen molar-refractivity contribution in [2.24, 2.45) is 0 Å². The van der Waals surface area contributed by atoms with Crippen LogP contribution >= 0.6 is 0 Å². The molecule has 112 valence electrons. The number of unbranched alkanes of at least 4 members (excludes halogenated alkanes) is 8. The van der Waals surface area contributed by atoms with Crippen molar-refractivity contribution < 1.29 is 14.3 Å². The average Bonchev–Trinajstić information content (AvgIpc) is 2.39. The molecular weight excluding hydrogens is 243 g/mol. The highest BCUT2D eigenvalue weighted by atomic mass is 19.1. The number of carbonyl (C=O) groups is 1. The van der Waals surface area contributed by atoms with E-state index in [-0.39, 0.29) is 6.42 Å². The van der Waals surface area contributed by atoms with Crippen molar-refractivity contribution in [3.8, 4) is 0 Å². The van der Waals surface area contributed by atoms with Gasteiger partial charge in [-0.05, 0) is 38.5 Å². The number of carboxylic acids is 1. The Kier molecular flexibility index (Phi) is 13.0. The molecule has 2 nitrogen and oxygen atoms in total. The summed E-state index contributed by atoms with van der Waals surface area (Å²) in [6, 6.07) is 0. The average molecular weight is 272 g/mol. The van der Waals surface area contributed by atoms with E-state index in [0.717, 1.165) is 19.3 Å². The fraction of sp³-hybridized carbons (Fsp3) is 0.812. The van der Waals surface area contributed by atoms with Crippen LogP contribution in [0.5, 0.6) is 0 Å². The summed E-state index contributed by atoms with van der Waals surface area (Å²) in [5, 5.41) is 8.37. The largest absolute Gasteiger partial charge is 0.479 e. The highest BCUT2D eigenvalue weighted by Crippen LogP contribution is 2.09. The van der Waals surface area contributed by atoms with Crippen molar-refractivity contribution in [3.05, 3.63) is 12.2 Å². The van der Waals surface area contributed by atoms with Gasteiger partial charge in [0.05, 0.1) is 0 Å². The highest BCUT2D eigenvalue weighted by Gasteiger charge is 2.13. The molecule has 0 radical (unpaired) electrons. The summed E-state index contributed by atoms with van der Waals surface area (Å²) >= 11 is 0. The maximum absolute atomic E-state index is 12.7. The third-order valence-electron chi connectivity index (χ3n) is 3.24. The first-order chi connectivity index (χ1) is 9.18. The number of hydrogen-bond acceptors (Lipinski definition) is 1. The predicted octanol–water partition coefficient (Wildman–Crippen LogP) is 5.28. The minimum Gasteiger partial charge on any atom is -0.479 e. The van der Waals surface area contributed by atoms with Crippen LogP contribution < -0.4 is 0 Å². The minimum atomic E-state index is -1.69. The Morgan fingerprint density at radius 3 is 2.11 bits per heavy atom. The Labute approximate surface area is 117 Å². The van der Waals surface area contributed by atoms with Gasteiger partial charge in [0.2, 0.25) is 0 Å². The predicted molar refractivity (Wildman–Crippen MR) is 78.1 cm³/mol. The molecule has 3 heteroatoms. The smallest absolute Gasteiger partial charge is 0.338 e. The lowest BCUT2D eigenvalue weighted by Crippen LogP contribution is -2.13. The molecule has 0 fully saturated rings. The van der Waals surface area contributed by atoms with Gasteiger partial charge in [-0.3, -0.25) is 0 Å². The molecule has 1 N–H and O–H groups in total. The zero-order valence-electron chi connectivity index (χ0n) is 12.2. The summed E-state index contributed by atoms with van der Waals surface area (Å²) in [4.78, 5) is 10.2. The molecule has 0 aromatic carbocycles. The maximum atomic E-state index is 12.7. The van der Waals surface area contributed by atoms with E-state index >= 15 is 0 Å². The van der Waals surface area contributed by atoms with Gasteiger partial charge in [-0.2, -0.15) is 0 Å². The van der Waals surface area contributed by atoms with Gasteiger partial charge in [-0.15, -0.1) is 0 Å². The summed E-state index contributed by atoms with van der Waals surface area (Å²) in [6.07, 6.45) is 14.3. The molecule has 0 rings (SSSR count). The summed E-state index contributed by atoms with van der Waals surface area (Å²) in [5.74, 6) is -1.33. The van der Waals surface area contributed by atoms with Crippen molar-refractivity contribution in [1.82, 2.24) is 0 Å². The van der Waals surface area contributed by atoms with Crippen LogP contribution in [0.4, 0.5) is 4.39 Å². The molecule has 0 heterocycles. The molecule has 0 aromatic heterocycles. The van der Waals surface area contributed by atoms with E-state index in [1.54, 1.807) is 0 Å². The monoisotopic (exact) mass is 272 g/mol. The van der Waals surface area contributed by atoms with E-state index in [1.165, 1.54) is 38.5 Å².